The van der Waals surface area contributed by atoms with E-state index in [1.807, 2.05) is 0 Å². The molecule has 0 spiro atoms. The van der Waals surface area contributed by atoms with Crippen molar-refractivity contribution in [1.82, 2.24) is 4.90 Å². The van der Waals surface area contributed by atoms with Gasteiger partial charge in [0.2, 0.25) is 0 Å². The predicted molar refractivity (Wildman–Crippen MR) is 106 cm³/mol. The van der Waals surface area contributed by atoms with Crippen LogP contribution in [0.1, 0.15) is 61.0 Å². The smallest absolute Gasteiger partial charge is 0.166 e. The molecule has 2 atom stereocenters. The average Bonchev–Trinajstić information content (AvgIpc) is 2.99. The van der Waals surface area contributed by atoms with Gasteiger partial charge in [-0.05, 0) is 61.1 Å². The Hall–Kier alpha value is -1.93. The third kappa shape index (κ3) is 2.18. The number of piperidine rings is 1. The molecule has 2 aromatic carbocycles. The number of rotatable bonds is 2. The van der Waals surface area contributed by atoms with Crippen LogP contribution in [0.5, 0.6) is 0 Å². The number of benzene rings is 2. The van der Waals surface area contributed by atoms with Gasteiger partial charge in [-0.1, -0.05) is 50.2 Å². The molecule has 2 unspecified atom stereocenters. The average molecular weight is 345 g/mol. The van der Waals surface area contributed by atoms with E-state index in [4.69, 9.17) is 0 Å². The van der Waals surface area contributed by atoms with Crippen LogP contribution in [0.25, 0.3) is 11.1 Å². The van der Waals surface area contributed by atoms with Crippen molar-refractivity contribution >= 4 is 5.78 Å². The van der Waals surface area contributed by atoms with Crippen molar-refractivity contribution < 1.29 is 4.79 Å². The van der Waals surface area contributed by atoms with E-state index >= 15 is 0 Å². The van der Waals surface area contributed by atoms with Crippen LogP contribution in [-0.2, 0) is 5.41 Å². The fourth-order valence-electron chi connectivity index (χ4n) is 5.72. The van der Waals surface area contributed by atoms with Crippen LogP contribution in [0.2, 0.25) is 0 Å². The molecule has 2 heteroatoms. The third-order valence-electron chi connectivity index (χ3n) is 7.34. The molecule has 2 heterocycles. The summed E-state index contributed by atoms with van der Waals surface area (Å²) >= 11 is 0. The zero-order valence-electron chi connectivity index (χ0n) is 16.0. The van der Waals surface area contributed by atoms with Crippen LogP contribution < -0.4 is 0 Å². The van der Waals surface area contributed by atoms with Crippen LogP contribution in [0.4, 0.5) is 0 Å². The molecule has 2 saturated heterocycles. The van der Waals surface area contributed by atoms with Gasteiger partial charge in [-0.3, -0.25) is 4.79 Å². The van der Waals surface area contributed by atoms with Crippen LogP contribution in [0.3, 0.4) is 0 Å². The Kier molecular flexibility index (Phi) is 3.46. The Bertz CT molecular complexity index is 883. The molecule has 2 bridgehead atoms. The maximum atomic E-state index is 13.3. The highest BCUT2D eigenvalue weighted by atomic mass is 16.1. The molecule has 3 aliphatic rings. The number of hydrogen-bond donors (Lipinski definition) is 0. The van der Waals surface area contributed by atoms with Crippen LogP contribution in [-0.4, -0.2) is 29.8 Å². The monoisotopic (exact) mass is 345 g/mol. The topological polar surface area (TPSA) is 20.3 Å². The molecule has 1 aliphatic carbocycles. The lowest BCUT2D eigenvalue weighted by Gasteiger charge is -2.35. The van der Waals surface area contributed by atoms with E-state index in [2.05, 4.69) is 68.3 Å². The van der Waals surface area contributed by atoms with Gasteiger partial charge in [0.05, 0.1) is 0 Å². The second kappa shape index (κ2) is 5.53. The first kappa shape index (κ1) is 16.3. The molecule has 26 heavy (non-hydrogen) atoms. The van der Waals surface area contributed by atoms with Gasteiger partial charge in [0.15, 0.2) is 5.78 Å². The Morgan fingerprint density at radius 3 is 2.35 bits per heavy atom. The molecule has 0 saturated carbocycles. The number of Topliss-reactive ketones (excluding diaryl/α,β-unsaturated/α-hetero) is 1. The van der Waals surface area contributed by atoms with Gasteiger partial charge in [0.25, 0.3) is 0 Å². The maximum Gasteiger partial charge on any atom is 0.166 e. The van der Waals surface area contributed by atoms with Gasteiger partial charge >= 0.3 is 0 Å². The SMILES string of the molecule is CN1C2CCC1CC(C(=O)c1ccc3c(c1)C(C)(C)c1ccccc1-3)C2. The van der Waals surface area contributed by atoms with E-state index in [0.29, 0.717) is 17.9 Å². The van der Waals surface area contributed by atoms with Crippen LogP contribution in [0.15, 0.2) is 42.5 Å². The molecule has 2 nitrogen and oxygen atoms in total. The van der Waals surface area contributed by atoms with E-state index in [1.165, 1.54) is 35.1 Å². The lowest BCUT2D eigenvalue weighted by atomic mass is 9.80. The minimum Gasteiger partial charge on any atom is -0.300 e. The molecule has 0 amide bonds. The zero-order chi connectivity index (χ0) is 18.1. The van der Waals surface area contributed by atoms with Crippen LogP contribution in [0, 0.1) is 5.92 Å². The Morgan fingerprint density at radius 2 is 1.62 bits per heavy atom. The molecule has 5 rings (SSSR count). The van der Waals surface area contributed by atoms with Gasteiger partial charge in [-0.25, -0.2) is 0 Å². The standard InChI is InChI=1S/C24H27NO/c1-24(2)21-7-5-4-6-19(21)20-11-8-15(14-22(20)24)23(26)16-12-17-9-10-18(13-16)25(17)3/h4-8,11,14,16-18H,9-10,12-13H2,1-3H3. The molecule has 2 fully saturated rings. The van der Waals surface area contributed by atoms with E-state index < -0.39 is 0 Å². The molecule has 2 aliphatic heterocycles. The summed E-state index contributed by atoms with van der Waals surface area (Å²) in [5.41, 5.74) is 6.18. The summed E-state index contributed by atoms with van der Waals surface area (Å²) in [5.74, 6) is 0.568. The normalized spacial score (nSPS) is 28.7. The fourth-order valence-corrected chi connectivity index (χ4v) is 5.72. The predicted octanol–water partition coefficient (Wildman–Crippen LogP) is 5.05. The van der Waals surface area contributed by atoms with Crippen molar-refractivity contribution in [2.24, 2.45) is 5.92 Å². The second-order valence-corrected chi connectivity index (χ2v) is 9.01. The number of nitrogens with zero attached hydrogens (tertiary/aromatic N) is 1. The number of carbonyl (C=O) groups is 1. The highest BCUT2D eigenvalue weighted by Crippen LogP contribution is 2.49. The first-order chi connectivity index (χ1) is 12.5. The number of fused-ring (bicyclic) bond motifs is 5. The Morgan fingerprint density at radius 1 is 0.962 bits per heavy atom. The quantitative estimate of drug-likeness (QED) is 0.710. The summed E-state index contributed by atoms with van der Waals surface area (Å²) in [7, 11) is 2.23. The van der Waals surface area contributed by atoms with Gasteiger partial charge < -0.3 is 4.90 Å². The van der Waals surface area contributed by atoms with E-state index in [-0.39, 0.29) is 11.3 Å². The summed E-state index contributed by atoms with van der Waals surface area (Å²) in [4.78, 5) is 15.8. The number of ketones is 1. The van der Waals surface area contributed by atoms with Crippen molar-refractivity contribution in [3.05, 3.63) is 59.2 Å². The van der Waals surface area contributed by atoms with Gasteiger partial charge in [-0.15, -0.1) is 0 Å². The molecule has 2 aromatic rings. The minimum atomic E-state index is -0.0337. The minimum absolute atomic E-state index is 0.0337. The number of hydrogen-bond acceptors (Lipinski definition) is 2. The molecular weight excluding hydrogens is 318 g/mol. The molecular formula is C24H27NO. The van der Waals surface area contributed by atoms with Gasteiger partial charge in [-0.2, -0.15) is 0 Å². The maximum absolute atomic E-state index is 13.3. The lowest BCUT2D eigenvalue weighted by Crippen LogP contribution is -2.42. The summed E-state index contributed by atoms with van der Waals surface area (Å²) in [6.45, 7) is 4.56. The lowest BCUT2D eigenvalue weighted by molar-refractivity contribution is 0.0767. The fraction of sp³-hybridized carbons (Fsp3) is 0.458. The summed E-state index contributed by atoms with van der Waals surface area (Å²) in [5, 5.41) is 0. The summed E-state index contributed by atoms with van der Waals surface area (Å²) in [6.07, 6.45) is 4.59. The first-order valence-corrected chi connectivity index (χ1v) is 9.97. The van der Waals surface area contributed by atoms with Crippen molar-refractivity contribution in [2.45, 2.75) is 57.0 Å². The van der Waals surface area contributed by atoms with Crippen molar-refractivity contribution in [3.63, 3.8) is 0 Å². The Labute approximate surface area is 156 Å². The zero-order valence-corrected chi connectivity index (χ0v) is 16.0. The summed E-state index contributed by atoms with van der Waals surface area (Å²) in [6, 6.07) is 16.3. The Balaban J connectivity index is 1.50. The number of carbonyl (C=O) groups excluding carboxylic acids is 1. The largest absolute Gasteiger partial charge is 0.300 e. The van der Waals surface area contributed by atoms with E-state index in [0.717, 1.165) is 18.4 Å². The van der Waals surface area contributed by atoms with Crippen molar-refractivity contribution in [1.29, 1.82) is 0 Å². The molecule has 134 valence electrons. The first-order valence-electron chi connectivity index (χ1n) is 9.97. The van der Waals surface area contributed by atoms with Crippen molar-refractivity contribution in [3.8, 4) is 11.1 Å². The van der Waals surface area contributed by atoms with Crippen LogP contribution >= 0.6 is 0 Å². The third-order valence-corrected chi connectivity index (χ3v) is 7.34. The highest BCUT2D eigenvalue weighted by Gasteiger charge is 2.41. The van der Waals surface area contributed by atoms with E-state index in [1.54, 1.807) is 0 Å². The van der Waals surface area contributed by atoms with E-state index in [9.17, 15) is 4.79 Å². The van der Waals surface area contributed by atoms with Gasteiger partial charge in [0.1, 0.15) is 0 Å². The second-order valence-electron chi connectivity index (χ2n) is 9.01. The molecule has 0 N–H and O–H groups in total. The summed E-state index contributed by atoms with van der Waals surface area (Å²) < 4.78 is 0. The van der Waals surface area contributed by atoms with Gasteiger partial charge in [0, 0.05) is 29.0 Å². The molecule has 0 aromatic heterocycles. The highest BCUT2D eigenvalue weighted by molar-refractivity contribution is 5.99. The van der Waals surface area contributed by atoms with Crippen molar-refractivity contribution in [2.75, 3.05) is 7.05 Å². The molecule has 0 radical (unpaired) electrons.